The molecular formula is C26H33ClFNO4Si. The molecule has 5 nitrogen and oxygen atoms in total. The van der Waals surface area contributed by atoms with Crippen molar-refractivity contribution in [2.24, 2.45) is 0 Å². The lowest BCUT2D eigenvalue weighted by atomic mass is 9.85. The zero-order valence-corrected chi connectivity index (χ0v) is 22.4. The minimum Gasteiger partial charge on any atom is -0.478 e. The number of amides is 1. The van der Waals surface area contributed by atoms with Crippen molar-refractivity contribution in [3.8, 4) is 0 Å². The molecule has 2 aromatic rings. The van der Waals surface area contributed by atoms with Crippen LogP contribution >= 0.6 is 11.6 Å². The highest BCUT2D eigenvalue weighted by Gasteiger charge is 2.41. The molecule has 0 saturated carbocycles. The Morgan fingerprint density at radius 2 is 1.85 bits per heavy atom. The van der Waals surface area contributed by atoms with E-state index in [2.05, 4.69) is 33.9 Å². The van der Waals surface area contributed by atoms with Gasteiger partial charge in [0.1, 0.15) is 5.82 Å². The van der Waals surface area contributed by atoms with Gasteiger partial charge in [0.2, 0.25) is 5.91 Å². The topological polar surface area (TPSA) is 66.8 Å². The molecule has 8 heteroatoms. The average Bonchev–Trinajstić information content (AvgIpc) is 2.73. The molecule has 1 heterocycles. The van der Waals surface area contributed by atoms with E-state index in [0.717, 1.165) is 11.1 Å². The number of carboxylic acids is 1. The van der Waals surface area contributed by atoms with Gasteiger partial charge in [0.05, 0.1) is 30.7 Å². The summed E-state index contributed by atoms with van der Waals surface area (Å²) in [5.41, 5.74) is 1.91. The van der Waals surface area contributed by atoms with E-state index < -0.39 is 26.1 Å². The Kier molecular flexibility index (Phi) is 7.60. The lowest BCUT2D eigenvalue weighted by molar-refractivity contribution is -0.137. The molecule has 1 aliphatic rings. The van der Waals surface area contributed by atoms with E-state index in [-0.39, 0.29) is 46.2 Å². The SMILES string of the molecule is C[C@H]1c2cccc(C(=O)O)c2C[C@H](CO[Si](C)(C)C(C)(C)C)N1C(=O)Cc1c(F)cccc1Cl. The fraction of sp³-hybridized carbons (Fsp3) is 0.462. The van der Waals surface area contributed by atoms with Crippen molar-refractivity contribution in [2.75, 3.05) is 6.61 Å². The van der Waals surface area contributed by atoms with Gasteiger partial charge < -0.3 is 14.4 Å². The highest BCUT2D eigenvalue weighted by atomic mass is 35.5. The standard InChI is InChI=1S/C26H33ClFNO4Si/c1-16-18-9-7-10-19(25(31)32)20(18)13-17(15-33-34(5,6)26(2,3)4)29(16)24(30)14-21-22(27)11-8-12-23(21)28/h7-12,16-17H,13-15H2,1-6H3,(H,31,32)/t16-,17+/m0/s1. The van der Waals surface area contributed by atoms with Crippen molar-refractivity contribution in [1.29, 1.82) is 0 Å². The molecule has 0 radical (unpaired) electrons. The van der Waals surface area contributed by atoms with Crippen molar-refractivity contribution in [3.05, 3.63) is 69.5 Å². The molecule has 184 valence electrons. The summed E-state index contributed by atoms with van der Waals surface area (Å²) in [6.07, 6.45) is 0.175. The number of halogens is 2. The van der Waals surface area contributed by atoms with E-state index in [1.165, 1.54) is 12.1 Å². The summed E-state index contributed by atoms with van der Waals surface area (Å²) < 4.78 is 20.9. The van der Waals surface area contributed by atoms with Crippen LogP contribution in [0.5, 0.6) is 0 Å². The first-order chi connectivity index (χ1) is 15.7. The van der Waals surface area contributed by atoms with Gasteiger partial charge in [-0.15, -0.1) is 0 Å². The van der Waals surface area contributed by atoms with Gasteiger partial charge in [0.15, 0.2) is 8.32 Å². The van der Waals surface area contributed by atoms with Crippen molar-refractivity contribution < 1.29 is 23.5 Å². The largest absolute Gasteiger partial charge is 0.478 e. The second-order valence-corrected chi connectivity index (χ2v) is 15.7. The Balaban J connectivity index is 2.00. The fourth-order valence-corrected chi connectivity index (χ4v) is 5.52. The van der Waals surface area contributed by atoms with Crippen molar-refractivity contribution in [2.45, 2.75) is 70.8 Å². The Morgan fingerprint density at radius 3 is 2.44 bits per heavy atom. The molecule has 2 atom stereocenters. The number of fused-ring (bicyclic) bond motifs is 1. The molecule has 0 bridgehead atoms. The van der Waals surface area contributed by atoms with Crippen LogP contribution in [0, 0.1) is 5.82 Å². The minimum absolute atomic E-state index is 0.0209. The molecule has 0 aromatic heterocycles. The zero-order valence-electron chi connectivity index (χ0n) is 20.6. The van der Waals surface area contributed by atoms with Crippen LogP contribution in [0.2, 0.25) is 23.2 Å². The smallest absolute Gasteiger partial charge is 0.335 e. The van der Waals surface area contributed by atoms with Gasteiger partial charge in [-0.2, -0.15) is 0 Å². The van der Waals surface area contributed by atoms with Gasteiger partial charge >= 0.3 is 5.97 Å². The maximum atomic E-state index is 14.4. The zero-order chi connectivity index (χ0) is 25.4. The molecule has 3 rings (SSSR count). The predicted molar refractivity (Wildman–Crippen MR) is 134 cm³/mol. The van der Waals surface area contributed by atoms with E-state index >= 15 is 0 Å². The normalized spacial score (nSPS) is 18.5. The first-order valence-electron chi connectivity index (χ1n) is 11.5. The van der Waals surface area contributed by atoms with Gasteiger partial charge in [-0.05, 0) is 60.8 Å². The minimum atomic E-state index is -2.13. The third-order valence-corrected chi connectivity index (χ3v) is 12.1. The van der Waals surface area contributed by atoms with Crippen LogP contribution in [0.25, 0.3) is 0 Å². The van der Waals surface area contributed by atoms with Crippen molar-refractivity contribution >= 4 is 31.8 Å². The first kappa shape index (κ1) is 26.4. The van der Waals surface area contributed by atoms with E-state index in [1.807, 2.05) is 13.0 Å². The first-order valence-corrected chi connectivity index (χ1v) is 14.8. The van der Waals surface area contributed by atoms with Crippen LogP contribution in [0.3, 0.4) is 0 Å². The summed E-state index contributed by atoms with van der Waals surface area (Å²) in [5.74, 6) is -1.78. The molecule has 34 heavy (non-hydrogen) atoms. The van der Waals surface area contributed by atoms with E-state index in [9.17, 15) is 19.1 Å². The van der Waals surface area contributed by atoms with Crippen LogP contribution < -0.4 is 0 Å². The predicted octanol–water partition coefficient (Wildman–Crippen LogP) is 6.26. The molecule has 1 N–H and O–H groups in total. The third kappa shape index (κ3) is 5.21. The monoisotopic (exact) mass is 505 g/mol. The Morgan fingerprint density at radius 1 is 1.21 bits per heavy atom. The summed E-state index contributed by atoms with van der Waals surface area (Å²) >= 11 is 6.20. The highest BCUT2D eigenvalue weighted by molar-refractivity contribution is 6.74. The van der Waals surface area contributed by atoms with Crippen molar-refractivity contribution in [1.82, 2.24) is 4.90 Å². The van der Waals surface area contributed by atoms with Crippen LogP contribution in [0.4, 0.5) is 4.39 Å². The second kappa shape index (κ2) is 9.80. The van der Waals surface area contributed by atoms with Gasteiger partial charge in [-0.3, -0.25) is 4.79 Å². The number of carboxylic acid groups (broad SMARTS) is 1. The maximum absolute atomic E-state index is 14.4. The number of benzene rings is 2. The number of rotatable bonds is 6. The maximum Gasteiger partial charge on any atom is 0.335 e. The number of nitrogens with zero attached hydrogens (tertiary/aromatic N) is 1. The van der Waals surface area contributed by atoms with Crippen LogP contribution in [-0.4, -0.2) is 42.8 Å². The van der Waals surface area contributed by atoms with E-state index in [0.29, 0.717) is 6.42 Å². The molecule has 0 unspecified atom stereocenters. The molecule has 1 aliphatic heterocycles. The number of carbonyl (C=O) groups excluding carboxylic acids is 1. The summed E-state index contributed by atoms with van der Waals surface area (Å²) in [6.45, 7) is 12.9. The van der Waals surface area contributed by atoms with Gasteiger partial charge in [0.25, 0.3) is 0 Å². The Hall–Kier alpha value is -2.22. The second-order valence-electron chi connectivity index (χ2n) is 10.5. The fourth-order valence-electron chi connectivity index (χ4n) is 4.25. The summed E-state index contributed by atoms with van der Waals surface area (Å²) in [6, 6.07) is 8.74. The molecule has 0 spiro atoms. The number of aromatic carboxylic acids is 1. The van der Waals surface area contributed by atoms with Crippen molar-refractivity contribution in [3.63, 3.8) is 0 Å². The van der Waals surface area contributed by atoms with Crippen LogP contribution in [0.1, 0.15) is 60.8 Å². The lowest BCUT2D eigenvalue weighted by Crippen LogP contribution is -2.52. The molecule has 0 fully saturated rings. The summed E-state index contributed by atoms with van der Waals surface area (Å²) in [7, 11) is -2.13. The van der Waals surface area contributed by atoms with Crippen LogP contribution in [0.15, 0.2) is 36.4 Å². The highest BCUT2D eigenvalue weighted by Crippen LogP contribution is 2.39. The quantitative estimate of drug-likeness (QED) is 0.471. The summed E-state index contributed by atoms with van der Waals surface area (Å²) in [5, 5.41) is 9.94. The number of carbonyl (C=O) groups is 2. The number of hydrogen-bond donors (Lipinski definition) is 1. The third-order valence-electron chi connectivity index (χ3n) is 7.26. The molecule has 1 amide bonds. The average molecular weight is 506 g/mol. The van der Waals surface area contributed by atoms with Gasteiger partial charge in [-0.25, -0.2) is 9.18 Å². The van der Waals surface area contributed by atoms with Crippen LogP contribution in [-0.2, 0) is 22.1 Å². The molecular weight excluding hydrogens is 473 g/mol. The van der Waals surface area contributed by atoms with Gasteiger partial charge in [-0.1, -0.05) is 50.6 Å². The van der Waals surface area contributed by atoms with E-state index in [4.69, 9.17) is 16.0 Å². The van der Waals surface area contributed by atoms with E-state index in [1.54, 1.807) is 23.1 Å². The molecule has 0 saturated heterocycles. The Labute approximate surface area is 207 Å². The lowest BCUT2D eigenvalue weighted by Gasteiger charge is -2.44. The number of hydrogen-bond acceptors (Lipinski definition) is 3. The molecule has 0 aliphatic carbocycles. The van der Waals surface area contributed by atoms with Gasteiger partial charge in [0, 0.05) is 10.6 Å². The molecule has 2 aromatic carbocycles. The summed E-state index contributed by atoms with van der Waals surface area (Å²) in [4.78, 5) is 27.2. The Bertz CT molecular complexity index is 1080.